The minimum atomic E-state index is -2.74. The van der Waals surface area contributed by atoms with Crippen LogP contribution in [0, 0.1) is 0 Å². The van der Waals surface area contributed by atoms with Crippen molar-refractivity contribution in [3.63, 3.8) is 0 Å². The Labute approximate surface area is 120 Å². The first-order valence-electron chi connectivity index (χ1n) is 3.24. The van der Waals surface area contributed by atoms with Crippen molar-refractivity contribution in [2.75, 3.05) is 6.61 Å². The van der Waals surface area contributed by atoms with Crippen molar-refractivity contribution in [3.05, 3.63) is 0 Å². The Morgan fingerprint density at radius 3 is 2.13 bits per heavy atom. The van der Waals surface area contributed by atoms with Gasteiger partial charge in [-0.2, -0.15) is 0 Å². The standard InChI is InChI=1S/C2H6O.Cl6N3P3/c1-2-3;1-8-10(3)7-12(5,6)9(2)11(8)4/h3H,2H2,1H3;. The van der Waals surface area contributed by atoms with Crippen molar-refractivity contribution in [3.8, 4) is 0 Å². The van der Waals surface area contributed by atoms with Crippen molar-refractivity contribution < 1.29 is 5.11 Å². The van der Waals surface area contributed by atoms with Crippen LogP contribution in [-0.2, 0) is 0 Å². The summed E-state index contributed by atoms with van der Waals surface area (Å²) in [5.41, 5.74) is 0. The zero-order valence-electron chi connectivity index (χ0n) is 7.11. The highest BCUT2D eigenvalue weighted by Gasteiger charge is 2.41. The van der Waals surface area contributed by atoms with Gasteiger partial charge in [0.2, 0.25) is 13.5 Å². The number of rotatable bonds is 0. The molecule has 0 aliphatic carbocycles. The molecule has 0 spiro atoms. The average molecular weight is 394 g/mol. The van der Waals surface area contributed by atoms with Crippen LogP contribution in [0.3, 0.4) is 0 Å². The Balaban J connectivity index is 0.000000583. The van der Waals surface area contributed by atoms with Crippen LogP contribution in [0.25, 0.3) is 0 Å². The van der Waals surface area contributed by atoms with Gasteiger partial charge in [0.15, 0.2) is 7.58 Å². The normalized spacial score (nSPS) is 31.5. The molecule has 1 aliphatic rings. The molecule has 1 N–H and O–H groups in total. The molecule has 13 heteroatoms. The quantitative estimate of drug-likeness (QED) is 0.389. The Hall–Kier alpha value is 2.71. The zero-order valence-corrected chi connectivity index (χ0v) is 14.3. The van der Waals surface area contributed by atoms with E-state index in [1.54, 1.807) is 6.92 Å². The lowest BCUT2D eigenvalue weighted by Crippen LogP contribution is -2.05. The highest BCUT2D eigenvalue weighted by Crippen LogP contribution is 2.85. The molecular formula is C2H6Cl6N3OP3. The lowest BCUT2D eigenvalue weighted by Gasteiger charge is -2.33. The maximum Gasteiger partial charge on any atom is 0.231 e. The fourth-order valence-corrected chi connectivity index (χ4v) is 12.4. The molecule has 0 saturated heterocycles. The van der Waals surface area contributed by atoms with Crippen molar-refractivity contribution in [1.29, 1.82) is 0 Å². The first-order valence-corrected chi connectivity index (χ1v) is 11.7. The van der Waals surface area contributed by atoms with Crippen LogP contribution in [0.5, 0.6) is 0 Å². The van der Waals surface area contributed by atoms with Gasteiger partial charge in [0.05, 0.1) is 0 Å². The molecule has 15 heavy (non-hydrogen) atoms. The molecule has 0 aromatic rings. The van der Waals surface area contributed by atoms with Gasteiger partial charge in [-0.25, -0.2) is 4.52 Å². The monoisotopic (exact) mass is 391 g/mol. The minimum absolute atomic E-state index is 0.250. The molecule has 0 fully saturated rings. The topological polar surface area (TPSA) is 39.1 Å². The van der Waals surface area contributed by atoms with Gasteiger partial charge in [0, 0.05) is 6.61 Å². The average Bonchev–Trinajstić information content (AvgIpc) is 2.13. The van der Waals surface area contributed by atoms with E-state index in [0.717, 1.165) is 7.92 Å². The summed E-state index contributed by atoms with van der Waals surface area (Å²) in [6.45, 7) is 1.93. The molecule has 4 nitrogen and oxygen atoms in total. The van der Waals surface area contributed by atoms with E-state index in [1.165, 1.54) is 0 Å². The third kappa shape index (κ3) is 5.47. The van der Waals surface area contributed by atoms with Gasteiger partial charge in [-0.05, 0) is 64.2 Å². The molecule has 92 valence electrons. The van der Waals surface area contributed by atoms with Gasteiger partial charge in [-0.1, -0.05) is 11.2 Å². The first kappa shape index (κ1) is 17.7. The van der Waals surface area contributed by atoms with Gasteiger partial charge in [0.1, 0.15) is 0 Å². The van der Waals surface area contributed by atoms with Gasteiger partial charge >= 0.3 is 0 Å². The summed E-state index contributed by atoms with van der Waals surface area (Å²) >= 11 is 34.3. The molecule has 2 atom stereocenters. The lowest BCUT2D eigenvalue weighted by atomic mass is 10.9. The Morgan fingerprint density at radius 1 is 1.33 bits per heavy atom. The van der Waals surface area contributed by atoms with Crippen molar-refractivity contribution in [2.24, 2.45) is 4.52 Å². The SMILES string of the molecule is CCO.ClN1P(Cl)N=P(Cl)(Cl)N(Cl)P1Cl. The molecule has 0 aromatic carbocycles. The highest BCUT2D eigenvalue weighted by molar-refractivity contribution is 8.18. The van der Waals surface area contributed by atoms with Gasteiger partial charge < -0.3 is 5.11 Å². The van der Waals surface area contributed by atoms with Gasteiger partial charge in [-0.3, -0.25) is 0 Å². The fourth-order valence-electron chi connectivity index (χ4n) is 0.365. The predicted molar refractivity (Wildman–Crippen MR) is 74.7 cm³/mol. The molecular weight excluding hydrogens is 388 g/mol. The van der Waals surface area contributed by atoms with E-state index in [-0.39, 0.29) is 6.61 Å². The summed E-state index contributed by atoms with van der Waals surface area (Å²) in [5.74, 6) is -2.74. The van der Waals surface area contributed by atoms with E-state index >= 15 is 0 Å². The number of nitrogens with zero attached hydrogens (tertiary/aromatic N) is 3. The van der Waals surface area contributed by atoms with E-state index in [1.807, 2.05) is 0 Å². The molecule has 0 amide bonds. The van der Waals surface area contributed by atoms with Crippen LogP contribution in [0.4, 0.5) is 0 Å². The summed E-state index contributed by atoms with van der Waals surface area (Å²) in [6.07, 6.45) is 0. The second kappa shape index (κ2) is 8.00. The summed E-state index contributed by atoms with van der Waals surface area (Å²) in [6, 6.07) is 0. The minimum Gasteiger partial charge on any atom is -0.397 e. The van der Waals surface area contributed by atoms with E-state index in [2.05, 4.69) is 4.52 Å². The number of aliphatic hydroxyl groups excluding tert-OH is 1. The number of hydrogen-bond acceptors (Lipinski definition) is 4. The molecule has 1 rings (SSSR count). The maximum absolute atomic E-state index is 7.57. The molecule has 0 bridgehead atoms. The summed E-state index contributed by atoms with van der Waals surface area (Å²) in [7, 11) is -2.94. The Kier molecular flexibility index (Phi) is 9.44. The summed E-state index contributed by atoms with van der Waals surface area (Å²) in [5, 5.41) is 7.57. The Bertz CT molecular complexity index is 250. The van der Waals surface area contributed by atoms with Crippen molar-refractivity contribution in [1.82, 2.24) is 7.92 Å². The first-order chi connectivity index (χ1) is 6.77. The van der Waals surface area contributed by atoms with Crippen molar-refractivity contribution in [2.45, 2.75) is 6.92 Å². The van der Waals surface area contributed by atoms with Gasteiger partial charge in [0.25, 0.3) is 0 Å². The third-order valence-corrected chi connectivity index (χ3v) is 14.5. The van der Waals surface area contributed by atoms with Crippen LogP contribution < -0.4 is 0 Å². The highest BCUT2D eigenvalue weighted by atomic mass is 35.9. The Morgan fingerprint density at radius 2 is 1.73 bits per heavy atom. The predicted octanol–water partition coefficient (Wildman–Crippen LogP) is 6.27. The smallest absolute Gasteiger partial charge is 0.231 e. The maximum atomic E-state index is 7.57. The molecule has 1 aliphatic heterocycles. The summed E-state index contributed by atoms with van der Waals surface area (Å²) < 4.78 is 5.98. The van der Waals surface area contributed by atoms with Crippen LogP contribution in [0.15, 0.2) is 4.52 Å². The van der Waals surface area contributed by atoms with E-state index in [4.69, 9.17) is 73.6 Å². The summed E-state index contributed by atoms with van der Waals surface area (Å²) in [4.78, 5) is 0. The van der Waals surface area contributed by atoms with E-state index < -0.39 is 21.1 Å². The van der Waals surface area contributed by atoms with E-state index in [0.29, 0.717) is 0 Å². The fraction of sp³-hybridized carbons (Fsp3) is 1.00. The number of hydrogen-bond donors (Lipinski definition) is 1. The molecule has 2 unspecified atom stereocenters. The largest absolute Gasteiger partial charge is 0.397 e. The van der Waals surface area contributed by atoms with E-state index in [9.17, 15) is 0 Å². The lowest BCUT2D eigenvalue weighted by molar-refractivity contribution is 0.318. The second-order valence-corrected chi connectivity index (χ2v) is 13.4. The van der Waals surface area contributed by atoms with Crippen molar-refractivity contribution >= 4 is 89.6 Å². The zero-order chi connectivity index (χ0) is 12.2. The second-order valence-electron chi connectivity index (χ2n) is 1.82. The molecule has 1 heterocycles. The molecule has 0 radical (unpaired) electrons. The van der Waals surface area contributed by atoms with Gasteiger partial charge in [-0.15, -0.1) is 7.92 Å². The third-order valence-electron chi connectivity index (χ3n) is 0.789. The van der Waals surface area contributed by atoms with Crippen LogP contribution >= 0.6 is 89.6 Å². The number of halogens is 6. The van der Waals surface area contributed by atoms with Crippen LogP contribution in [0.2, 0.25) is 0 Å². The van der Waals surface area contributed by atoms with Crippen LogP contribution in [-0.4, -0.2) is 19.6 Å². The molecule has 0 saturated carbocycles. The molecule has 0 aromatic heterocycles. The number of aliphatic hydroxyl groups is 1. The van der Waals surface area contributed by atoms with Crippen LogP contribution in [0.1, 0.15) is 6.92 Å².